The number of rotatable bonds is 10. The number of nitrogens with one attached hydrogen (secondary N) is 2. The number of aromatic nitrogens is 2. The van der Waals surface area contributed by atoms with Gasteiger partial charge in [-0.15, -0.1) is 0 Å². The molecule has 3 aromatic rings. The van der Waals surface area contributed by atoms with Gasteiger partial charge in [0, 0.05) is 24.8 Å². The number of hydrogen-bond donors (Lipinski definition) is 2. The van der Waals surface area contributed by atoms with E-state index in [1.165, 1.54) is 12.8 Å². The molecule has 2 amide bonds. The molecular weight excluding hydrogens is 430 g/mol. The van der Waals surface area contributed by atoms with Gasteiger partial charge in [-0.05, 0) is 74.3 Å². The third-order valence-corrected chi connectivity index (χ3v) is 6.17. The molecule has 34 heavy (non-hydrogen) atoms. The summed E-state index contributed by atoms with van der Waals surface area (Å²) in [5, 5.41) is 9.88. The average Bonchev–Trinajstić information content (AvgIpc) is 3.58. The molecule has 0 radical (unpaired) electrons. The van der Waals surface area contributed by atoms with Crippen molar-refractivity contribution in [1.29, 1.82) is 0 Å². The first-order chi connectivity index (χ1) is 16.7. The number of hydrogen-bond acceptors (Lipinski definition) is 5. The zero-order chi connectivity index (χ0) is 23.8. The smallest absolute Gasteiger partial charge is 0.322 e. The zero-order valence-corrected chi connectivity index (χ0v) is 19.9. The van der Waals surface area contributed by atoms with Crippen molar-refractivity contribution in [3.05, 3.63) is 60.4 Å². The molecule has 0 atom stereocenters. The molecule has 4 rings (SSSR count). The Kier molecular flexibility index (Phi) is 8.04. The number of urea groups is 1. The van der Waals surface area contributed by atoms with Crippen LogP contribution in [0.15, 0.2) is 54.9 Å². The number of anilines is 1. The molecule has 2 aromatic carbocycles. The quantitative estimate of drug-likeness (QED) is 0.459. The molecule has 8 nitrogen and oxygen atoms in total. The Bertz CT molecular complexity index is 1060. The van der Waals surface area contributed by atoms with E-state index >= 15 is 0 Å². The second-order valence-electron chi connectivity index (χ2n) is 8.51. The normalized spacial score (nSPS) is 13.6. The third kappa shape index (κ3) is 6.08. The lowest BCUT2D eigenvalue weighted by Crippen LogP contribution is -2.36. The fraction of sp³-hybridized carbons (Fsp3) is 0.385. The Morgan fingerprint density at radius 3 is 2.71 bits per heavy atom. The van der Waals surface area contributed by atoms with Crippen molar-refractivity contribution in [2.75, 3.05) is 45.7 Å². The molecule has 1 saturated heterocycles. The lowest BCUT2D eigenvalue weighted by atomic mass is 10.1. The summed E-state index contributed by atoms with van der Waals surface area (Å²) < 4.78 is 10.9. The molecular formula is C26H33N5O3. The maximum atomic E-state index is 13.4. The number of benzene rings is 2. The number of H-pyrrole nitrogens is 1. The van der Waals surface area contributed by atoms with Crippen LogP contribution in [0.4, 0.5) is 10.5 Å². The van der Waals surface area contributed by atoms with Crippen LogP contribution < -0.4 is 14.8 Å². The Balaban J connectivity index is 1.48. The lowest BCUT2D eigenvalue weighted by molar-refractivity contribution is 0.204. The van der Waals surface area contributed by atoms with Crippen LogP contribution in [0.25, 0.3) is 11.1 Å². The molecule has 2 heterocycles. The number of methoxy groups -OCH3 is 2. The molecule has 2 N–H and O–H groups in total. The molecule has 1 aliphatic heterocycles. The standard InChI is InChI=1S/C26H33N5O3/c1-33-23-8-5-7-20(15-23)19-31(14-6-13-30-11-3-4-12-30)26(32)29-24-10-9-21(16-25(24)34-2)22-17-27-28-18-22/h5,7-10,15-18H,3-4,6,11-14,19H2,1-2H3,(H,27,28)(H,29,32). The van der Waals surface area contributed by atoms with Crippen molar-refractivity contribution in [3.63, 3.8) is 0 Å². The van der Waals surface area contributed by atoms with Gasteiger partial charge in [0.2, 0.25) is 0 Å². The van der Waals surface area contributed by atoms with E-state index in [1.807, 2.05) is 53.6 Å². The van der Waals surface area contributed by atoms with Crippen LogP contribution >= 0.6 is 0 Å². The summed E-state index contributed by atoms with van der Waals surface area (Å²) >= 11 is 0. The van der Waals surface area contributed by atoms with Gasteiger partial charge in [-0.3, -0.25) is 5.10 Å². The van der Waals surface area contributed by atoms with E-state index in [9.17, 15) is 4.79 Å². The van der Waals surface area contributed by atoms with Crippen molar-refractivity contribution in [3.8, 4) is 22.6 Å². The number of likely N-dealkylation sites (tertiary alicyclic amines) is 1. The monoisotopic (exact) mass is 463 g/mol. The highest BCUT2D eigenvalue weighted by molar-refractivity contribution is 5.91. The van der Waals surface area contributed by atoms with Crippen LogP contribution in [-0.4, -0.2) is 66.4 Å². The van der Waals surface area contributed by atoms with Gasteiger partial charge in [0.25, 0.3) is 0 Å². The van der Waals surface area contributed by atoms with Crippen LogP contribution in [0.3, 0.4) is 0 Å². The SMILES string of the molecule is COc1cccc(CN(CCCN2CCCC2)C(=O)Nc2ccc(-c3cn[nH]c3)cc2OC)c1. The molecule has 0 bridgehead atoms. The fourth-order valence-electron chi connectivity index (χ4n) is 4.31. The minimum absolute atomic E-state index is 0.154. The number of aromatic amines is 1. The van der Waals surface area contributed by atoms with Crippen molar-refractivity contribution in [1.82, 2.24) is 20.0 Å². The van der Waals surface area contributed by atoms with E-state index in [2.05, 4.69) is 20.4 Å². The predicted octanol–water partition coefficient (Wildman–Crippen LogP) is 4.61. The maximum Gasteiger partial charge on any atom is 0.322 e. The molecule has 1 aliphatic rings. The Hall–Kier alpha value is -3.52. The minimum Gasteiger partial charge on any atom is -0.497 e. The van der Waals surface area contributed by atoms with E-state index < -0.39 is 0 Å². The van der Waals surface area contributed by atoms with Crippen molar-refractivity contribution in [2.45, 2.75) is 25.8 Å². The number of ether oxygens (including phenoxy) is 2. The zero-order valence-electron chi connectivity index (χ0n) is 19.9. The first-order valence-electron chi connectivity index (χ1n) is 11.7. The van der Waals surface area contributed by atoms with E-state index in [0.717, 1.165) is 48.5 Å². The summed E-state index contributed by atoms with van der Waals surface area (Å²) in [5.74, 6) is 1.39. The Labute approximate surface area is 200 Å². The topological polar surface area (TPSA) is 82.7 Å². The average molecular weight is 464 g/mol. The van der Waals surface area contributed by atoms with Crippen molar-refractivity contribution < 1.29 is 14.3 Å². The first kappa shape index (κ1) is 23.6. The van der Waals surface area contributed by atoms with Crippen molar-refractivity contribution in [2.24, 2.45) is 0 Å². The second kappa shape index (κ2) is 11.6. The van der Waals surface area contributed by atoms with Gasteiger partial charge in [-0.2, -0.15) is 5.10 Å². The Morgan fingerprint density at radius 2 is 1.97 bits per heavy atom. The van der Waals surface area contributed by atoms with Crippen LogP contribution in [0, 0.1) is 0 Å². The minimum atomic E-state index is -0.154. The van der Waals surface area contributed by atoms with Gasteiger partial charge >= 0.3 is 6.03 Å². The molecule has 0 saturated carbocycles. The van der Waals surface area contributed by atoms with E-state index in [0.29, 0.717) is 24.5 Å². The van der Waals surface area contributed by atoms with Gasteiger partial charge in [0.15, 0.2) is 0 Å². The summed E-state index contributed by atoms with van der Waals surface area (Å²) in [6, 6.07) is 13.4. The number of carbonyl (C=O) groups is 1. The third-order valence-electron chi connectivity index (χ3n) is 6.17. The number of carbonyl (C=O) groups excluding carboxylic acids is 1. The van der Waals surface area contributed by atoms with Crippen LogP contribution in [-0.2, 0) is 6.54 Å². The van der Waals surface area contributed by atoms with Gasteiger partial charge in [-0.1, -0.05) is 18.2 Å². The maximum absolute atomic E-state index is 13.4. The molecule has 1 aromatic heterocycles. The summed E-state index contributed by atoms with van der Waals surface area (Å²) in [5.41, 5.74) is 3.58. The predicted molar refractivity (Wildman–Crippen MR) is 133 cm³/mol. The first-order valence-corrected chi connectivity index (χ1v) is 11.7. The van der Waals surface area contributed by atoms with Gasteiger partial charge in [-0.25, -0.2) is 4.79 Å². The highest BCUT2D eigenvalue weighted by Gasteiger charge is 2.18. The molecule has 1 fully saturated rings. The molecule has 0 aliphatic carbocycles. The second-order valence-corrected chi connectivity index (χ2v) is 8.51. The van der Waals surface area contributed by atoms with Gasteiger partial charge in [0.05, 0.1) is 26.1 Å². The van der Waals surface area contributed by atoms with Gasteiger partial charge < -0.3 is 24.6 Å². The summed E-state index contributed by atoms with van der Waals surface area (Å²) in [6.07, 6.45) is 7.03. The van der Waals surface area contributed by atoms with E-state index in [4.69, 9.17) is 9.47 Å². The highest BCUT2D eigenvalue weighted by atomic mass is 16.5. The van der Waals surface area contributed by atoms with Crippen molar-refractivity contribution >= 4 is 11.7 Å². The lowest BCUT2D eigenvalue weighted by Gasteiger charge is -2.25. The highest BCUT2D eigenvalue weighted by Crippen LogP contribution is 2.30. The number of nitrogens with zero attached hydrogens (tertiary/aromatic N) is 3. The largest absolute Gasteiger partial charge is 0.497 e. The summed E-state index contributed by atoms with van der Waals surface area (Å²) in [6.45, 7) is 4.47. The van der Waals surface area contributed by atoms with Crippen LogP contribution in [0.2, 0.25) is 0 Å². The molecule has 180 valence electrons. The molecule has 0 unspecified atom stereocenters. The van der Waals surface area contributed by atoms with E-state index in [1.54, 1.807) is 20.4 Å². The summed E-state index contributed by atoms with van der Waals surface area (Å²) in [7, 11) is 3.26. The molecule has 0 spiro atoms. The van der Waals surface area contributed by atoms with Crippen LogP contribution in [0.1, 0.15) is 24.8 Å². The number of amides is 2. The molecule has 8 heteroatoms. The van der Waals surface area contributed by atoms with Crippen LogP contribution in [0.5, 0.6) is 11.5 Å². The van der Waals surface area contributed by atoms with E-state index in [-0.39, 0.29) is 6.03 Å². The fourth-order valence-corrected chi connectivity index (χ4v) is 4.31. The van der Waals surface area contributed by atoms with Gasteiger partial charge in [0.1, 0.15) is 11.5 Å². The summed E-state index contributed by atoms with van der Waals surface area (Å²) in [4.78, 5) is 17.7. The Morgan fingerprint density at radius 1 is 1.12 bits per heavy atom.